The van der Waals surface area contributed by atoms with Gasteiger partial charge in [0.2, 0.25) is 0 Å². The third kappa shape index (κ3) is 2.64. The van der Waals surface area contributed by atoms with Crippen LogP contribution in [0.2, 0.25) is 5.02 Å². The first-order chi connectivity index (χ1) is 8.41. The number of halogens is 1. The van der Waals surface area contributed by atoms with Crippen LogP contribution in [0, 0.1) is 0 Å². The molecule has 1 atom stereocenters. The molecule has 0 radical (unpaired) electrons. The molecule has 1 fully saturated rings. The highest BCUT2D eigenvalue weighted by Crippen LogP contribution is 2.20. The average Bonchev–Trinajstić information content (AvgIpc) is 2.27. The van der Waals surface area contributed by atoms with Crippen molar-refractivity contribution < 1.29 is 13.2 Å². The maximum Gasteiger partial charge on any atom is 0.255 e. The van der Waals surface area contributed by atoms with E-state index < -0.39 is 9.84 Å². The van der Waals surface area contributed by atoms with E-state index in [1.54, 1.807) is 17.9 Å². The summed E-state index contributed by atoms with van der Waals surface area (Å²) >= 11 is 5.91. The zero-order chi connectivity index (χ0) is 13.3. The second-order valence-electron chi connectivity index (χ2n) is 4.32. The van der Waals surface area contributed by atoms with Crippen LogP contribution in [-0.2, 0) is 9.84 Å². The highest BCUT2D eigenvalue weighted by Gasteiger charge is 2.32. The van der Waals surface area contributed by atoms with E-state index in [0.29, 0.717) is 5.56 Å². The first-order valence-electron chi connectivity index (χ1n) is 5.51. The summed E-state index contributed by atoms with van der Waals surface area (Å²) in [5, 5.41) is 0.281. The number of nitrogens with zero attached hydrogens (tertiary/aromatic N) is 2. The molecule has 5 nitrogen and oxygen atoms in total. The van der Waals surface area contributed by atoms with Gasteiger partial charge in [0.15, 0.2) is 9.84 Å². The molecule has 0 saturated carbocycles. The first-order valence-corrected chi connectivity index (χ1v) is 7.71. The van der Waals surface area contributed by atoms with E-state index in [-0.39, 0.29) is 35.0 Å². The Hall–Kier alpha value is -1.14. The van der Waals surface area contributed by atoms with E-state index in [2.05, 4.69) is 4.98 Å². The van der Waals surface area contributed by atoms with Crippen LogP contribution in [0.15, 0.2) is 18.5 Å². The lowest BCUT2D eigenvalue weighted by molar-refractivity contribution is 0.0712. The summed E-state index contributed by atoms with van der Waals surface area (Å²) in [6, 6.07) is 1.21. The number of amides is 1. The number of hydrogen-bond acceptors (Lipinski definition) is 4. The predicted molar refractivity (Wildman–Crippen MR) is 68.4 cm³/mol. The van der Waals surface area contributed by atoms with Crippen molar-refractivity contribution in [2.75, 3.05) is 18.1 Å². The molecular formula is C11H13ClN2O3S. The standard InChI is InChI=1S/C11H13ClN2O3S/c1-8-7-18(16,17)5-4-14(8)11(15)9-2-3-13-6-10(9)12/h2-3,6,8H,4-5,7H2,1H3. The van der Waals surface area contributed by atoms with Crippen LogP contribution in [0.5, 0.6) is 0 Å². The minimum Gasteiger partial charge on any atom is -0.334 e. The van der Waals surface area contributed by atoms with Crippen molar-refractivity contribution in [1.29, 1.82) is 0 Å². The van der Waals surface area contributed by atoms with Gasteiger partial charge in [-0.05, 0) is 13.0 Å². The number of rotatable bonds is 1. The highest BCUT2D eigenvalue weighted by atomic mass is 35.5. The summed E-state index contributed by atoms with van der Waals surface area (Å²) in [5.41, 5.74) is 0.359. The SMILES string of the molecule is CC1CS(=O)(=O)CCN1C(=O)c1ccncc1Cl. The molecule has 0 N–H and O–H groups in total. The van der Waals surface area contributed by atoms with Gasteiger partial charge in [-0.2, -0.15) is 0 Å². The van der Waals surface area contributed by atoms with Crippen molar-refractivity contribution in [1.82, 2.24) is 9.88 Å². The smallest absolute Gasteiger partial charge is 0.255 e. The summed E-state index contributed by atoms with van der Waals surface area (Å²) < 4.78 is 22.9. The van der Waals surface area contributed by atoms with Gasteiger partial charge in [-0.3, -0.25) is 9.78 Å². The number of aromatic nitrogens is 1. The Morgan fingerprint density at radius 2 is 2.28 bits per heavy atom. The molecule has 0 bridgehead atoms. The first kappa shape index (κ1) is 13.3. The van der Waals surface area contributed by atoms with Crippen molar-refractivity contribution in [2.45, 2.75) is 13.0 Å². The van der Waals surface area contributed by atoms with E-state index in [1.807, 2.05) is 0 Å². The van der Waals surface area contributed by atoms with Gasteiger partial charge in [0.05, 0.1) is 22.1 Å². The van der Waals surface area contributed by atoms with Crippen LogP contribution in [0.1, 0.15) is 17.3 Å². The third-order valence-corrected chi connectivity index (χ3v) is 5.03. The minimum atomic E-state index is -3.03. The van der Waals surface area contributed by atoms with E-state index in [1.165, 1.54) is 12.4 Å². The summed E-state index contributed by atoms with van der Waals surface area (Å²) in [5.74, 6) is -0.238. The van der Waals surface area contributed by atoms with Crippen LogP contribution in [0.4, 0.5) is 0 Å². The summed E-state index contributed by atoms with van der Waals surface area (Å²) in [6.45, 7) is 1.94. The Bertz CT molecular complexity index is 573. The normalized spacial score (nSPS) is 22.8. The van der Waals surface area contributed by atoms with Gasteiger partial charge in [0.25, 0.3) is 5.91 Å². The molecule has 0 aliphatic carbocycles. The summed E-state index contributed by atoms with van der Waals surface area (Å²) in [7, 11) is -3.03. The molecule has 0 aromatic carbocycles. The highest BCUT2D eigenvalue weighted by molar-refractivity contribution is 7.91. The Kier molecular flexibility index (Phi) is 3.59. The summed E-state index contributed by atoms with van der Waals surface area (Å²) in [4.78, 5) is 17.6. The van der Waals surface area contributed by atoms with Gasteiger partial charge >= 0.3 is 0 Å². The molecule has 1 amide bonds. The Morgan fingerprint density at radius 1 is 1.56 bits per heavy atom. The fourth-order valence-electron chi connectivity index (χ4n) is 2.00. The lowest BCUT2D eigenvalue weighted by Crippen LogP contribution is -2.49. The molecule has 1 saturated heterocycles. The monoisotopic (exact) mass is 288 g/mol. The number of carbonyl (C=O) groups excluding carboxylic acids is 1. The van der Waals surface area contributed by atoms with Crippen molar-refractivity contribution in [3.05, 3.63) is 29.0 Å². The fraction of sp³-hybridized carbons (Fsp3) is 0.455. The van der Waals surface area contributed by atoms with Crippen molar-refractivity contribution in [3.63, 3.8) is 0 Å². The number of hydrogen-bond donors (Lipinski definition) is 0. The van der Waals surface area contributed by atoms with Gasteiger partial charge in [-0.15, -0.1) is 0 Å². The molecule has 0 spiro atoms. The Morgan fingerprint density at radius 3 is 2.89 bits per heavy atom. The van der Waals surface area contributed by atoms with Gasteiger partial charge in [-0.1, -0.05) is 11.6 Å². The molecule has 98 valence electrons. The van der Waals surface area contributed by atoms with Crippen LogP contribution in [-0.4, -0.2) is 48.3 Å². The Balaban J connectivity index is 2.23. The van der Waals surface area contributed by atoms with E-state index in [4.69, 9.17) is 11.6 Å². The second kappa shape index (κ2) is 4.85. The van der Waals surface area contributed by atoms with Crippen LogP contribution >= 0.6 is 11.6 Å². The number of sulfone groups is 1. The molecule has 1 aliphatic rings. The van der Waals surface area contributed by atoms with E-state index in [9.17, 15) is 13.2 Å². The fourth-order valence-corrected chi connectivity index (χ4v) is 3.76. The maximum atomic E-state index is 12.3. The average molecular weight is 289 g/mol. The molecule has 18 heavy (non-hydrogen) atoms. The molecular weight excluding hydrogens is 276 g/mol. The molecule has 2 rings (SSSR count). The second-order valence-corrected chi connectivity index (χ2v) is 6.95. The Labute approximate surface area is 111 Å². The van der Waals surface area contributed by atoms with Crippen LogP contribution in [0.3, 0.4) is 0 Å². The van der Waals surface area contributed by atoms with Crippen LogP contribution < -0.4 is 0 Å². The van der Waals surface area contributed by atoms with Gasteiger partial charge < -0.3 is 4.90 Å². The van der Waals surface area contributed by atoms with E-state index >= 15 is 0 Å². The zero-order valence-corrected chi connectivity index (χ0v) is 11.4. The largest absolute Gasteiger partial charge is 0.334 e. The van der Waals surface area contributed by atoms with Gasteiger partial charge in [-0.25, -0.2) is 8.42 Å². The molecule has 1 aromatic heterocycles. The lowest BCUT2D eigenvalue weighted by atomic mass is 10.2. The molecule has 1 aromatic rings. The number of carbonyl (C=O) groups is 1. The third-order valence-electron chi connectivity index (χ3n) is 2.93. The molecule has 1 unspecified atom stereocenters. The topological polar surface area (TPSA) is 67.3 Å². The maximum absolute atomic E-state index is 12.3. The quantitative estimate of drug-likeness (QED) is 0.773. The summed E-state index contributed by atoms with van der Waals surface area (Å²) in [6.07, 6.45) is 2.89. The number of pyridine rings is 1. The van der Waals surface area contributed by atoms with Gasteiger partial charge in [0, 0.05) is 25.0 Å². The lowest BCUT2D eigenvalue weighted by Gasteiger charge is -2.33. The predicted octanol–water partition coefficient (Wildman–Crippen LogP) is 0.994. The zero-order valence-electron chi connectivity index (χ0n) is 9.84. The van der Waals surface area contributed by atoms with Crippen molar-refractivity contribution >= 4 is 27.3 Å². The van der Waals surface area contributed by atoms with Crippen molar-refractivity contribution in [2.24, 2.45) is 0 Å². The minimum absolute atomic E-state index is 0.00143. The molecule has 1 aliphatic heterocycles. The van der Waals surface area contributed by atoms with Crippen molar-refractivity contribution in [3.8, 4) is 0 Å². The molecule has 7 heteroatoms. The van der Waals surface area contributed by atoms with Crippen LogP contribution in [0.25, 0.3) is 0 Å². The molecule has 2 heterocycles. The van der Waals surface area contributed by atoms with Gasteiger partial charge in [0.1, 0.15) is 0 Å². The van der Waals surface area contributed by atoms with E-state index in [0.717, 1.165) is 0 Å².